The minimum Gasteiger partial charge on any atom is -0.836 e. The fraction of sp³-hybridized carbons (Fsp3) is 0.0833. The highest BCUT2D eigenvalue weighted by atomic mass is 16.5. The van der Waals surface area contributed by atoms with Crippen molar-refractivity contribution in [2.75, 3.05) is 18.8 Å². The van der Waals surface area contributed by atoms with Crippen molar-refractivity contribution >= 4 is 5.52 Å². The molecule has 1 aromatic carbocycles. The molecule has 21 heavy (non-hydrogen) atoms. The van der Waals surface area contributed by atoms with Gasteiger partial charge in [0.2, 0.25) is 0 Å². The number of methoxy groups -OCH3 is 1. The van der Waals surface area contributed by atoms with Gasteiger partial charge >= 0.3 is 5.56 Å². The van der Waals surface area contributed by atoms with Crippen LogP contribution in [0.25, 0.3) is 16.8 Å². The van der Waals surface area contributed by atoms with E-state index in [0.29, 0.717) is 21.8 Å². The Morgan fingerprint density at radius 2 is 1.95 bits per heavy atom. The van der Waals surface area contributed by atoms with E-state index in [4.69, 9.17) is 16.4 Å². The van der Waals surface area contributed by atoms with Crippen LogP contribution in [-0.4, -0.2) is 21.8 Å². The normalized spacial score (nSPS) is 10.9. The Kier molecular flexibility index (Phi) is 2.68. The van der Waals surface area contributed by atoms with Crippen LogP contribution >= 0.6 is 0 Å². The van der Waals surface area contributed by atoms with E-state index in [0.717, 1.165) is 9.19 Å². The summed E-state index contributed by atoms with van der Waals surface area (Å²) >= 11 is 0. The molecule has 0 bridgehead atoms. The van der Waals surface area contributed by atoms with Crippen LogP contribution in [0, 0.1) is 0 Å². The van der Waals surface area contributed by atoms with Crippen molar-refractivity contribution in [2.24, 2.45) is 0 Å². The van der Waals surface area contributed by atoms with E-state index in [9.17, 15) is 9.90 Å². The van der Waals surface area contributed by atoms with Gasteiger partial charge in [-0.05, 0) is 29.1 Å². The Hall–Kier alpha value is -3.23. The number of hydrogen-bond donors (Lipinski definition) is 2. The van der Waals surface area contributed by atoms with Crippen molar-refractivity contribution in [3.8, 4) is 22.9 Å². The second-order valence-electron chi connectivity index (χ2n) is 4.35. The maximum Gasteiger partial charge on any atom is 0.322 e. The summed E-state index contributed by atoms with van der Waals surface area (Å²) in [6.07, 6.45) is 1.46. The number of aromatic nitrogens is 4. The smallest absolute Gasteiger partial charge is 0.322 e. The molecule has 0 atom stereocenters. The van der Waals surface area contributed by atoms with Gasteiger partial charge in [0.1, 0.15) is 22.9 Å². The first-order chi connectivity index (χ1) is 10.0. The molecule has 0 radical (unpaired) electrons. The van der Waals surface area contributed by atoms with Gasteiger partial charge < -0.3 is 15.7 Å². The summed E-state index contributed by atoms with van der Waals surface area (Å²) in [4.78, 5) is 12.8. The summed E-state index contributed by atoms with van der Waals surface area (Å²) in [5.41, 5.74) is 0.171. The number of fused-ring (bicyclic) bond motifs is 1. The van der Waals surface area contributed by atoms with Gasteiger partial charge in [0.15, 0.2) is 5.88 Å². The second-order valence-corrected chi connectivity index (χ2v) is 4.35. The molecule has 4 N–H and O–H groups in total. The molecule has 0 aliphatic rings. The third kappa shape index (κ3) is 1.83. The molecule has 9 heteroatoms. The van der Waals surface area contributed by atoms with Gasteiger partial charge in [-0.2, -0.15) is 0 Å². The van der Waals surface area contributed by atoms with Crippen LogP contribution in [0.4, 0.5) is 0 Å². The zero-order valence-electron chi connectivity index (χ0n) is 11.1. The molecule has 9 nitrogen and oxygen atoms in total. The van der Waals surface area contributed by atoms with E-state index >= 15 is 0 Å². The lowest BCUT2D eigenvalue weighted by Crippen LogP contribution is -2.39. The third-order valence-electron chi connectivity index (χ3n) is 3.14. The minimum atomic E-state index is -0.708. The van der Waals surface area contributed by atoms with Gasteiger partial charge in [0.25, 0.3) is 5.52 Å². The Bertz CT molecular complexity index is 881. The van der Waals surface area contributed by atoms with Gasteiger partial charge in [-0.3, -0.25) is 4.79 Å². The molecular weight excluding hydrogens is 276 g/mol. The standard InChI is InChI=1S/C12H12N6O3/c1-21-8-4-2-7(3-5-8)9-6-16-10(11(19)17(9)13)12(20)18(14)15-16/h2-6H,13H2,1H3,(H2-,14,15,19,20). The van der Waals surface area contributed by atoms with Crippen molar-refractivity contribution in [1.29, 1.82) is 0 Å². The van der Waals surface area contributed by atoms with Crippen LogP contribution in [-0.2, 0) is 0 Å². The number of nitrogens with zero attached hydrogens (tertiary/aromatic N) is 4. The van der Waals surface area contributed by atoms with Gasteiger partial charge in [-0.25, -0.2) is 10.5 Å². The molecule has 0 spiro atoms. The van der Waals surface area contributed by atoms with Crippen molar-refractivity contribution in [3.05, 3.63) is 40.8 Å². The summed E-state index contributed by atoms with van der Waals surface area (Å²) in [7, 11) is 1.55. The van der Waals surface area contributed by atoms with E-state index in [2.05, 4.69) is 5.21 Å². The quantitative estimate of drug-likeness (QED) is 0.413. The molecule has 3 aromatic rings. The van der Waals surface area contributed by atoms with E-state index < -0.39 is 11.4 Å². The number of benzene rings is 1. The fourth-order valence-electron chi connectivity index (χ4n) is 2.05. The Morgan fingerprint density at radius 3 is 2.57 bits per heavy atom. The van der Waals surface area contributed by atoms with Crippen LogP contribution in [0.1, 0.15) is 0 Å². The van der Waals surface area contributed by atoms with Gasteiger partial charge in [0, 0.05) is 5.56 Å². The lowest BCUT2D eigenvalue weighted by Gasteiger charge is -2.07. The molecular formula is C12H12N6O3. The highest BCUT2D eigenvalue weighted by molar-refractivity contribution is 5.61. The van der Waals surface area contributed by atoms with Gasteiger partial charge in [-0.1, -0.05) is 4.52 Å². The Morgan fingerprint density at radius 1 is 1.29 bits per heavy atom. The lowest BCUT2D eigenvalue weighted by molar-refractivity contribution is -0.584. The number of hydrogen-bond acceptors (Lipinski definition) is 6. The van der Waals surface area contributed by atoms with Gasteiger partial charge in [-0.15, -0.1) is 0 Å². The largest absolute Gasteiger partial charge is 0.836 e. The molecule has 0 unspecified atom stereocenters. The predicted molar refractivity (Wildman–Crippen MR) is 71.4 cm³/mol. The molecule has 0 saturated carbocycles. The fourth-order valence-corrected chi connectivity index (χ4v) is 2.05. The summed E-state index contributed by atoms with van der Waals surface area (Å²) in [6.45, 7) is 0. The van der Waals surface area contributed by atoms with Gasteiger partial charge in [0.05, 0.1) is 7.11 Å². The van der Waals surface area contributed by atoms with Crippen LogP contribution in [0.15, 0.2) is 35.3 Å². The lowest BCUT2D eigenvalue weighted by atomic mass is 10.1. The number of nitrogen functional groups attached to an aromatic ring is 2. The first-order valence-electron chi connectivity index (χ1n) is 5.95. The zero-order chi connectivity index (χ0) is 15.1. The third-order valence-corrected chi connectivity index (χ3v) is 3.14. The average Bonchev–Trinajstić information content (AvgIpc) is 2.78. The average molecular weight is 288 g/mol. The number of rotatable bonds is 2. The van der Waals surface area contributed by atoms with Crippen LogP contribution in [0.2, 0.25) is 0 Å². The zero-order valence-corrected chi connectivity index (χ0v) is 11.1. The predicted octanol–water partition coefficient (Wildman–Crippen LogP) is -2.04. The molecule has 2 aromatic heterocycles. The van der Waals surface area contributed by atoms with Crippen molar-refractivity contribution in [1.82, 2.24) is 14.7 Å². The first kappa shape index (κ1) is 12.8. The second kappa shape index (κ2) is 4.40. The van der Waals surface area contributed by atoms with E-state index in [1.807, 2.05) is 0 Å². The van der Waals surface area contributed by atoms with E-state index in [1.54, 1.807) is 31.4 Å². The van der Waals surface area contributed by atoms with Crippen molar-refractivity contribution < 1.29 is 14.4 Å². The highest BCUT2D eigenvalue weighted by Crippen LogP contribution is 2.20. The molecule has 0 fully saturated rings. The monoisotopic (exact) mass is 288 g/mol. The molecule has 108 valence electrons. The topological polar surface area (TPSA) is 128 Å². The molecule has 0 aliphatic heterocycles. The van der Waals surface area contributed by atoms with E-state index in [-0.39, 0.29) is 5.52 Å². The molecule has 3 rings (SSSR count). The minimum absolute atomic E-state index is 0.211. The maximum atomic E-state index is 12.2. The summed E-state index contributed by atoms with van der Waals surface area (Å²) < 4.78 is 7.08. The Balaban J connectivity index is 2.27. The summed E-state index contributed by atoms with van der Waals surface area (Å²) in [5.74, 6) is 11.1. The van der Waals surface area contributed by atoms with Crippen LogP contribution in [0.3, 0.4) is 0 Å². The van der Waals surface area contributed by atoms with Crippen LogP contribution in [0.5, 0.6) is 11.6 Å². The highest BCUT2D eigenvalue weighted by Gasteiger charge is 2.19. The Labute approximate surface area is 118 Å². The summed E-state index contributed by atoms with van der Waals surface area (Å²) in [6, 6.07) is 6.94. The van der Waals surface area contributed by atoms with Crippen molar-refractivity contribution in [2.45, 2.75) is 0 Å². The molecule has 0 amide bonds. The SMILES string of the molecule is COc1ccc(-c2c[n+]3nn(N)c([O-])c3c(=O)n2N)cc1. The van der Waals surface area contributed by atoms with Crippen molar-refractivity contribution in [3.63, 3.8) is 0 Å². The first-order valence-corrected chi connectivity index (χ1v) is 5.95. The number of nitrogens with two attached hydrogens (primary N) is 2. The molecule has 0 aliphatic carbocycles. The summed E-state index contributed by atoms with van der Waals surface area (Å²) in [5, 5.41) is 15.4. The molecule has 2 heterocycles. The molecule has 0 saturated heterocycles. The maximum absolute atomic E-state index is 12.2. The van der Waals surface area contributed by atoms with Crippen LogP contribution < -0.4 is 31.6 Å². The van der Waals surface area contributed by atoms with E-state index in [1.165, 1.54) is 6.20 Å². The number of ether oxygens (including phenoxy) is 1.